The normalized spacial score (nSPS) is 11.0. The van der Waals surface area contributed by atoms with Gasteiger partial charge in [0.1, 0.15) is 15.2 Å². The van der Waals surface area contributed by atoms with Gasteiger partial charge in [0.15, 0.2) is 0 Å². The number of thiazole rings is 1. The van der Waals surface area contributed by atoms with Crippen LogP contribution in [0.15, 0.2) is 24.4 Å². The Kier molecular flexibility index (Phi) is 2.93. The van der Waals surface area contributed by atoms with Crippen molar-refractivity contribution in [2.45, 2.75) is 13.5 Å². The molecule has 0 aliphatic carbocycles. The van der Waals surface area contributed by atoms with E-state index in [4.69, 9.17) is 11.6 Å². The largest absolute Gasteiger partial charge is 0.378 e. The minimum Gasteiger partial charge on any atom is -0.378 e. The molecular formula is C12H11ClN4S. The van der Waals surface area contributed by atoms with Crippen molar-refractivity contribution in [3.63, 3.8) is 0 Å². The van der Waals surface area contributed by atoms with Crippen molar-refractivity contribution in [2.75, 3.05) is 5.32 Å². The average molecular weight is 279 g/mol. The maximum atomic E-state index is 5.84. The molecule has 92 valence electrons. The molecule has 4 nitrogen and oxygen atoms in total. The van der Waals surface area contributed by atoms with Crippen LogP contribution in [-0.2, 0) is 6.54 Å². The van der Waals surface area contributed by atoms with Crippen LogP contribution in [0, 0.1) is 6.92 Å². The number of aryl methyl sites for hydroxylation is 1. The van der Waals surface area contributed by atoms with Gasteiger partial charge >= 0.3 is 0 Å². The fraction of sp³-hybridized carbons (Fsp3) is 0.167. The van der Waals surface area contributed by atoms with E-state index in [1.807, 2.05) is 25.1 Å². The highest BCUT2D eigenvalue weighted by Crippen LogP contribution is 2.21. The molecule has 2 N–H and O–H groups in total. The Morgan fingerprint density at radius 1 is 1.44 bits per heavy atom. The molecule has 0 amide bonds. The third-order valence-corrected chi connectivity index (χ3v) is 3.68. The number of aromatic amines is 1. The van der Waals surface area contributed by atoms with E-state index in [0.717, 1.165) is 27.6 Å². The summed E-state index contributed by atoms with van der Waals surface area (Å²) < 4.78 is 0.714. The quantitative estimate of drug-likeness (QED) is 0.770. The highest BCUT2D eigenvalue weighted by atomic mass is 35.5. The van der Waals surface area contributed by atoms with E-state index < -0.39 is 0 Å². The van der Waals surface area contributed by atoms with E-state index in [1.165, 1.54) is 11.3 Å². The number of H-pyrrole nitrogens is 1. The number of aromatic nitrogens is 3. The molecule has 0 bridgehead atoms. The van der Waals surface area contributed by atoms with Crippen LogP contribution in [-0.4, -0.2) is 15.0 Å². The first-order valence-electron chi connectivity index (χ1n) is 5.51. The van der Waals surface area contributed by atoms with Crippen molar-refractivity contribution in [3.8, 4) is 0 Å². The second-order valence-corrected chi connectivity index (χ2v) is 5.71. The molecule has 1 aromatic carbocycles. The second-order valence-electron chi connectivity index (χ2n) is 3.97. The number of hydrogen-bond acceptors (Lipinski definition) is 4. The lowest BCUT2D eigenvalue weighted by Crippen LogP contribution is -1.98. The molecule has 0 aliphatic heterocycles. The summed E-state index contributed by atoms with van der Waals surface area (Å²) in [5.74, 6) is 0.925. The molecule has 2 aromatic heterocycles. The van der Waals surface area contributed by atoms with Crippen LogP contribution in [0.4, 0.5) is 5.69 Å². The summed E-state index contributed by atoms with van der Waals surface area (Å²) in [7, 11) is 0. The number of benzene rings is 1. The van der Waals surface area contributed by atoms with Gasteiger partial charge in [-0.1, -0.05) is 11.6 Å². The monoisotopic (exact) mass is 278 g/mol. The summed E-state index contributed by atoms with van der Waals surface area (Å²) in [6.07, 6.45) is 1.67. The number of imidazole rings is 1. The van der Waals surface area contributed by atoms with Crippen molar-refractivity contribution in [1.29, 1.82) is 0 Å². The lowest BCUT2D eigenvalue weighted by molar-refractivity contribution is 1.10. The summed E-state index contributed by atoms with van der Waals surface area (Å²) in [6, 6.07) is 6.05. The van der Waals surface area contributed by atoms with Gasteiger partial charge in [0.05, 0.1) is 23.8 Å². The molecule has 0 fully saturated rings. The van der Waals surface area contributed by atoms with Gasteiger partial charge in [-0.15, -0.1) is 11.3 Å². The highest BCUT2D eigenvalue weighted by molar-refractivity contribution is 7.15. The lowest BCUT2D eigenvalue weighted by Gasteiger charge is -2.03. The number of halogens is 1. The van der Waals surface area contributed by atoms with Gasteiger partial charge in [-0.25, -0.2) is 9.97 Å². The Bertz CT molecular complexity index is 688. The summed E-state index contributed by atoms with van der Waals surface area (Å²) in [5, 5.41) is 4.29. The number of rotatable bonds is 3. The molecule has 0 unspecified atom stereocenters. The van der Waals surface area contributed by atoms with Gasteiger partial charge < -0.3 is 10.3 Å². The minimum absolute atomic E-state index is 0.677. The molecule has 0 saturated carbocycles. The van der Waals surface area contributed by atoms with Crippen LogP contribution in [0.3, 0.4) is 0 Å². The van der Waals surface area contributed by atoms with E-state index in [0.29, 0.717) is 10.9 Å². The SMILES string of the molecule is Cc1nc2ccc(NCc3ncc(Cl)s3)cc2[nH]1. The van der Waals surface area contributed by atoms with Gasteiger partial charge in [-0.2, -0.15) is 0 Å². The Hall–Kier alpha value is -1.59. The average Bonchev–Trinajstić information content (AvgIpc) is 2.90. The molecule has 0 spiro atoms. The molecule has 3 rings (SSSR count). The van der Waals surface area contributed by atoms with Gasteiger partial charge in [-0.05, 0) is 25.1 Å². The fourth-order valence-electron chi connectivity index (χ4n) is 1.79. The van der Waals surface area contributed by atoms with Crippen molar-refractivity contribution < 1.29 is 0 Å². The molecule has 6 heteroatoms. The van der Waals surface area contributed by atoms with E-state index in [9.17, 15) is 0 Å². The maximum Gasteiger partial charge on any atom is 0.113 e. The third-order valence-electron chi connectivity index (χ3n) is 2.57. The zero-order valence-corrected chi connectivity index (χ0v) is 11.3. The molecule has 3 aromatic rings. The number of fused-ring (bicyclic) bond motifs is 1. The Morgan fingerprint density at radius 2 is 2.33 bits per heavy atom. The van der Waals surface area contributed by atoms with Crippen molar-refractivity contribution in [2.24, 2.45) is 0 Å². The first kappa shape index (κ1) is 11.5. The number of nitrogens with zero attached hydrogens (tertiary/aromatic N) is 2. The van der Waals surface area contributed by atoms with Crippen LogP contribution in [0.2, 0.25) is 4.34 Å². The Labute approximate surface area is 113 Å². The van der Waals surface area contributed by atoms with Crippen LogP contribution in [0.5, 0.6) is 0 Å². The standard InChI is InChI=1S/C12H11ClN4S/c1-7-16-9-3-2-8(4-10(9)17-7)14-6-12-15-5-11(13)18-12/h2-5,14H,6H2,1H3,(H,16,17). The molecule has 0 aliphatic rings. The second kappa shape index (κ2) is 4.59. The zero-order valence-electron chi connectivity index (χ0n) is 9.70. The van der Waals surface area contributed by atoms with Gasteiger partial charge in [0.2, 0.25) is 0 Å². The Balaban J connectivity index is 1.78. The summed E-state index contributed by atoms with van der Waals surface area (Å²) in [5.41, 5.74) is 3.06. The topological polar surface area (TPSA) is 53.6 Å². The summed E-state index contributed by atoms with van der Waals surface area (Å²) in [6.45, 7) is 2.63. The number of hydrogen-bond donors (Lipinski definition) is 2. The van der Waals surface area contributed by atoms with Crippen LogP contribution < -0.4 is 5.32 Å². The first-order valence-corrected chi connectivity index (χ1v) is 6.70. The van der Waals surface area contributed by atoms with Gasteiger partial charge in [0, 0.05) is 5.69 Å². The molecule has 0 atom stereocenters. The van der Waals surface area contributed by atoms with Crippen LogP contribution >= 0.6 is 22.9 Å². The summed E-state index contributed by atoms with van der Waals surface area (Å²) in [4.78, 5) is 11.8. The van der Waals surface area contributed by atoms with E-state index in [-0.39, 0.29) is 0 Å². The van der Waals surface area contributed by atoms with Gasteiger partial charge in [-0.3, -0.25) is 0 Å². The van der Waals surface area contributed by atoms with Crippen LogP contribution in [0.1, 0.15) is 10.8 Å². The van der Waals surface area contributed by atoms with E-state index in [2.05, 4.69) is 20.3 Å². The van der Waals surface area contributed by atoms with E-state index >= 15 is 0 Å². The minimum atomic E-state index is 0.677. The maximum absolute atomic E-state index is 5.84. The first-order chi connectivity index (χ1) is 8.70. The van der Waals surface area contributed by atoms with Gasteiger partial charge in [0.25, 0.3) is 0 Å². The summed E-state index contributed by atoms with van der Waals surface area (Å²) >= 11 is 7.32. The third kappa shape index (κ3) is 2.32. The molecule has 0 radical (unpaired) electrons. The molecule has 2 heterocycles. The zero-order chi connectivity index (χ0) is 12.5. The van der Waals surface area contributed by atoms with Crippen molar-refractivity contribution >= 4 is 39.7 Å². The molecular weight excluding hydrogens is 268 g/mol. The fourth-order valence-corrected chi connectivity index (χ4v) is 2.69. The lowest BCUT2D eigenvalue weighted by atomic mass is 10.3. The number of anilines is 1. The smallest absolute Gasteiger partial charge is 0.113 e. The van der Waals surface area contributed by atoms with E-state index in [1.54, 1.807) is 6.20 Å². The number of nitrogens with one attached hydrogen (secondary N) is 2. The predicted molar refractivity (Wildman–Crippen MR) is 75.3 cm³/mol. The molecule has 0 saturated heterocycles. The highest BCUT2D eigenvalue weighted by Gasteiger charge is 2.02. The molecule has 18 heavy (non-hydrogen) atoms. The van der Waals surface area contributed by atoms with Crippen molar-refractivity contribution in [3.05, 3.63) is 39.6 Å². The van der Waals surface area contributed by atoms with Crippen molar-refractivity contribution in [1.82, 2.24) is 15.0 Å². The predicted octanol–water partition coefficient (Wildman–Crippen LogP) is 3.59. The Morgan fingerprint density at radius 3 is 3.11 bits per heavy atom. The van der Waals surface area contributed by atoms with Crippen LogP contribution in [0.25, 0.3) is 11.0 Å².